The van der Waals surface area contributed by atoms with Gasteiger partial charge in [0.25, 0.3) is 0 Å². The summed E-state index contributed by atoms with van der Waals surface area (Å²) in [5, 5.41) is 5.77. The Kier molecular flexibility index (Phi) is 5.75. The molecule has 5 rings (SSSR count). The fourth-order valence-corrected chi connectivity index (χ4v) is 4.55. The molecule has 1 amide bonds. The number of benzene rings is 3. The van der Waals surface area contributed by atoms with Gasteiger partial charge in [-0.25, -0.2) is 9.59 Å². The van der Waals surface area contributed by atoms with E-state index >= 15 is 0 Å². The molecule has 0 saturated carbocycles. The second-order valence-electron chi connectivity index (χ2n) is 8.02. The normalized spacial score (nSPS) is 11.7. The van der Waals surface area contributed by atoms with Crippen molar-refractivity contribution in [1.29, 1.82) is 0 Å². The summed E-state index contributed by atoms with van der Waals surface area (Å²) in [5.41, 5.74) is 1.02. The lowest BCUT2D eigenvalue weighted by molar-refractivity contribution is -0.119. The topological polar surface area (TPSA) is 107 Å². The van der Waals surface area contributed by atoms with E-state index in [9.17, 15) is 19.2 Å². The van der Waals surface area contributed by atoms with Crippen molar-refractivity contribution in [3.8, 4) is 0 Å². The standard InChI is InChI=1S/C25H17Cl2NO6/c26-9-14(29)3-1-12-2-6-19-17(7-12)15-4-5-16-21-18(25(32)34-24(16)31)8-13(11-28-20(30)10-27)23(33-19)22(15)21/h2,4-8H,1,3,9-11H2,(H,28,30). The fourth-order valence-electron chi connectivity index (χ4n) is 4.32. The first-order chi connectivity index (χ1) is 16.4. The van der Waals surface area contributed by atoms with Gasteiger partial charge in [-0.1, -0.05) is 12.1 Å². The molecule has 172 valence electrons. The zero-order valence-corrected chi connectivity index (χ0v) is 19.2. The molecule has 0 aliphatic rings. The molecule has 0 atom stereocenters. The minimum atomic E-state index is -0.759. The van der Waals surface area contributed by atoms with Gasteiger partial charge in [0.05, 0.1) is 16.7 Å². The van der Waals surface area contributed by atoms with Gasteiger partial charge >= 0.3 is 11.3 Å². The van der Waals surface area contributed by atoms with Crippen LogP contribution in [0.5, 0.6) is 0 Å². The van der Waals surface area contributed by atoms with Crippen molar-refractivity contribution < 1.29 is 18.4 Å². The minimum Gasteiger partial charge on any atom is -0.456 e. The zero-order chi connectivity index (χ0) is 24.0. The molecule has 0 unspecified atom stereocenters. The molecule has 0 bridgehead atoms. The van der Waals surface area contributed by atoms with Gasteiger partial charge < -0.3 is 14.2 Å². The van der Waals surface area contributed by atoms with Crippen LogP contribution in [0.2, 0.25) is 0 Å². The molecule has 0 aliphatic carbocycles. The largest absolute Gasteiger partial charge is 0.456 e. The summed E-state index contributed by atoms with van der Waals surface area (Å²) in [6.07, 6.45) is 0.844. The number of hydrogen-bond donors (Lipinski definition) is 1. The third-order valence-electron chi connectivity index (χ3n) is 5.92. The highest BCUT2D eigenvalue weighted by atomic mass is 35.5. The first-order valence-corrected chi connectivity index (χ1v) is 11.6. The Labute approximate surface area is 201 Å². The summed E-state index contributed by atoms with van der Waals surface area (Å²) in [6, 6.07) is 10.6. The monoisotopic (exact) mass is 497 g/mol. The van der Waals surface area contributed by atoms with Crippen LogP contribution in [-0.4, -0.2) is 23.5 Å². The summed E-state index contributed by atoms with van der Waals surface area (Å²) in [6.45, 7) is 0.0721. The van der Waals surface area contributed by atoms with E-state index in [0.717, 1.165) is 16.3 Å². The summed E-state index contributed by atoms with van der Waals surface area (Å²) in [7, 11) is 0. The van der Waals surface area contributed by atoms with Crippen LogP contribution in [0.25, 0.3) is 43.5 Å². The van der Waals surface area contributed by atoms with E-state index < -0.39 is 11.3 Å². The van der Waals surface area contributed by atoms with Gasteiger partial charge in [-0.15, -0.1) is 23.2 Å². The predicted octanol–water partition coefficient (Wildman–Crippen LogP) is 4.24. The van der Waals surface area contributed by atoms with Crippen LogP contribution in [-0.2, 0) is 22.6 Å². The number of amides is 1. The molecule has 0 spiro atoms. The van der Waals surface area contributed by atoms with Crippen LogP contribution in [0, 0.1) is 0 Å². The Hall–Kier alpha value is -3.42. The van der Waals surface area contributed by atoms with E-state index in [1.807, 2.05) is 18.2 Å². The Balaban J connectivity index is 1.83. The summed E-state index contributed by atoms with van der Waals surface area (Å²) in [5.74, 6) is -0.651. The number of carbonyl (C=O) groups is 2. The van der Waals surface area contributed by atoms with Crippen molar-refractivity contribution in [2.24, 2.45) is 0 Å². The number of nitrogens with one attached hydrogen (secondary N) is 1. The highest BCUT2D eigenvalue weighted by molar-refractivity contribution is 6.28. The molecule has 5 aromatic rings. The maximum atomic E-state index is 12.6. The number of rotatable bonds is 7. The van der Waals surface area contributed by atoms with Gasteiger partial charge in [0, 0.05) is 34.7 Å². The van der Waals surface area contributed by atoms with Gasteiger partial charge in [-0.2, -0.15) is 0 Å². The number of fused-ring (bicyclic) bond motifs is 2. The van der Waals surface area contributed by atoms with Gasteiger partial charge in [0.1, 0.15) is 22.8 Å². The van der Waals surface area contributed by atoms with Gasteiger partial charge in [0.15, 0.2) is 0 Å². The summed E-state index contributed by atoms with van der Waals surface area (Å²) in [4.78, 5) is 48.5. The van der Waals surface area contributed by atoms with E-state index in [1.54, 1.807) is 18.2 Å². The highest BCUT2D eigenvalue weighted by Crippen LogP contribution is 2.39. The van der Waals surface area contributed by atoms with E-state index in [-0.39, 0.29) is 40.8 Å². The van der Waals surface area contributed by atoms with Crippen molar-refractivity contribution in [2.45, 2.75) is 19.4 Å². The average molecular weight is 498 g/mol. The first-order valence-electron chi connectivity index (χ1n) is 10.5. The minimum absolute atomic E-state index is 0.0283. The number of alkyl halides is 2. The van der Waals surface area contributed by atoms with E-state index in [1.165, 1.54) is 0 Å². The SMILES string of the molecule is O=C(CCl)CCc1ccc2oc3c(CNC(=O)CCl)cc4c(=O)oc(=O)c5ccc(c2c1)c3c54. The Bertz CT molecular complexity index is 1720. The van der Waals surface area contributed by atoms with Crippen molar-refractivity contribution in [3.05, 3.63) is 68.4 Å². The van der Waals surface area contributed by atoms with E-state index in [4.69, 9.17) is 32.0 Å². The van der Waals surface area contributed by atoms with Gasteiger partial charge in [0.2, 0.25) is 5.91 Å². The lowest BCUT2D eigenvalue weighted by Gasteiger charge is -2.15. The van der Waals surface area contributed by atoms with Crippen LogP contribution in [0.3, 0.4) is 0 Å². The van der Waals surface area contributed by atoms with Crippen molar-refractivity contribution in [1.82, 2.24) is 5.32 Å². The molecule has 9 heteroatoms. The number of aryl methyl sites for hydroxylation is 1. The first kappa shape index (κ1) is 22.4. The maximum absolute atomic E-state index is 12.6. The van der Waals surface area contributed by atoms with Gasteiger partial charge in [-0.05, 0) is 41.6 Å². The maximum Gasteiger partial charge on any atom is 0.346 e. The molecular formula is C25H17Cl2NO6. The van der Waals surface area contributed by atoms with Crippen LogP contribution in [0.4, 0.5) is 0 Å². The molecule has 0 fully saturated rings. The van der Waals surface area contributed by atoms with E-state index in [0.29, 0.717) is 40.3 Å². The van der Waals surface area contributed by atoms with Crippen molar-refractivity contribution >= 4 is 78.4 Å². The third-order valence-corrected chi connectivity index (χ3v) is 6.46. The fraction of sp³-hybridized carbons (Fsp3) is 0.200. The summed E-state index contributed by atoms with van der Waals surface area (Å²) < 4.78 is 11.2. The number of Topliss-reactive ketones (excluding diaryl/α,β-unsaturated/α-hetero) is 1. The molecule has 3 aromatic carbocycles. The lowest BCUT2D eigenvalue weighted by atomic mass is 9.93. The van der Waals surface area contributed by atoms with Gasteiger partial charge in [-0.3, -0.25) is 9.59 Å². The third kappa shape index (κ3) is 3.71. The smallest absolute Gasteiger partial charge is 0.346 e. The molecule has 0 saturated heterocycles. The van der Waals surface area contributed by atoms with Crippen LogP contribution in [0.15, 0.2) is 54.8 Å². The van der Waals surface area contributed by atoms with Crippen LogP contribution < -0.4 is 16.6 Å². The quantitative estimate of drug-likeness (QED) is 0.204. The molecular weight excluding hydrogens is 481 g/mol. The number of halogens is 2. The predicted molar refractivity (Wildman–Crippen MR) is 131 cm³/mol. The molecule has 2 heterocycles. The molecule has 2 aromatic heterocycles. The van der Waals surface area contributed by atoms with E-state index in [2.05, 4.69) is 5.32 Å². The molecule has 1 N–H and O–H groups in total. The van der Waals surface area contributed by atoms with Crippen LogP contribution >= 0.6 is 23.2 Å². The lowest BCUT2D eigenvalue weighted by Crippen LogP contribution is -2.24. The number of ketones is 1. The second-order valence-corrected chi connectivity index (χ2v) is 8.55. The van der Waals surface area contributed by atoms with Crippen molar-refractivity contribution in [3.63, 3.8) is 0 Å². The zero-order valence-electron chi connectivity index (χ0n) is 17.7. The molecule has 0 radical (unpaired) electrons. The summed E-state index contributed by atoms with van der Waals surface area (Å²) >= 11 is 11.2. The Morgan fingerprint density at radius 1 is 0.824 bits per heavy atom. The van der Waals surface area contributed by atoms with Crippen LogP contribution in [0.1, 0.15) is 17.5 Å². The highest BCUT2D eigenvalue weighted by Gasteiger charge is 2.21. The molecule has 0 aliphatic heterocycles. The van der Waals surface area contributed by atoms with Crippen molar-refractivity contribution in [2.75, 3.05) is 11.8 Å². The average Bonchev–Trinajstić information content (AvgIpc) is 2.85. The Morgan fingerprint density at radius 2 is 1.59 bits per heavy atom. The molecule has 7 nitrogen and oxygen atoms in total. The number of carbonyl (C=O) groups excluding carboxylic acids is 2. The molecule has 34 heavy (non-hydrogen) atoms. The Morgan fingerprint density at radius 3 is 2.35 bits per heavy atom. The second kappa shape index (κ2) is 8.74. The number of hydrogen-bond acceptors (Lipinski definition) is 6.